The van der Waals surface area contributed by atoms with E-state index >= 15 is 0 Å². The van der Waals surface area contributed by atoms with E-state index < -0.39 is 4.92 Å². The highest BCUT2D eigenvalue weighted by atomic mass is 32.1. The lowest BCUT2D eigenvalue weighted by atomic mass is 9.97. The van der Waals surface area contributed by atoms with Crippen LogP contribution in [0.4, 0.5) is 17.1 Å². The maximum Gasteiger partial charge on any atom is 0.269 e. The van der Waals surface area contributed by atoms with E-state index in [1.54, 1.807) is 0 Å². The van der Waals surface area contributed by atoms with Crippen molar-refractivity contribution in [2.45, 2.75) is 0 Å². The predicted molar refractivity (Wildman–Crippen MR) is 124 cm³/mol. The quantitative estimate of drug-likeness (QED) is 0.153. The zero-order valence-electron chi connectivity index (χ0n) is 16.6. The molecule has 0 spiro atoms. The molecule has 0 aliphatic heterocycles. The van der Waals surface area contributed by atoms with E-state index in [-0.39, 0.29) is 5.69 Å². The van der Waals surface area contributed by atoms with Crippen molar-refractivity contribution in [1.82, 2.24) is 4.98 Å². The smallest absolute Gasteiger partial charge is 0.269 e. The number of hydrogen-bond donors (Lipinski definition) is 1. The van der Waals surface area contributed by atoms with Crippen LogP contribution in [-0.4, -0.2) is 9.91 Å². The molecule has 0 unspecified atom stereocenters. The number of pyridine rings is 1. The number of aromatic amines is 1. The Labute approximate surface area is 188 Å². The van der Waals surface area contributed by atoms with Gasteiger partial charge in [-0.15, -0.1) is 5.11 Å². The van der Waals surface area contributed by atoms with Crippen molar-refractivity contribution in [3.05, 3.63) is 105 Å². The van der Waals surface area contributed by atoms with Crippen molar-refractivity contribution in [3.63, 3.8) is 0 Å². The molecule has 7 nitrogen and oxygen atoms in total. The summed E-state index contributed by atoms with van der Waals surface area (Å²) in [6, 6.07) is 26.8. The van der Waals surface area contributed by atoms with Crippen LogP contribution in [0.15, 0.2) is 95.2 Å². The van der Waals surface area contributed by atoms with Crippen LogP contribution < -0.4 is 0 Å². The van der Waals surface area contributed by atoms with Gasteiger partial charge in [-0.25, -0.2) is 0 Å². The number of aromatic nitrogens is 1. The molecule has 0 fully saturated rings. The number of nitriles is 1. The minimum absolute atomic E-state index is 0.0329. The molecule has 1 N–H and O–H groups in total. The predicted octanol–water partition coefficient (Wildman–Crippen LogP) is 7.27. The average molecular weight is 437 g/mol. The second-order valence-electron chi connectivity index (χ2n) is 6.75. The molecule has 4 rings (SSSR count). The summed E-state index contributed by atoms with van der Waals surface area (Å²) >= 11 is 5.49. The molecule has 1 heterocycles. The van der Waals surface area contributed by atoms with Gasteiger partial charge in [0.05, 0.1) is 21.9 Å². The molecule has 0 aliphatic rings. The largest absolute Gasteiger partial charge is 0.343 e. The van der Waals surface area contributed by atoms with Crippen molar-refractivity contribution < 1.29 is 4.92 Å². The van der Waals surface area contributed by atoms with Gasteiger partial charge in [-0.3, -0.25) is 10.1 Å². The van der Waals surface area contributed by atoms with Gasteiger partial charge in [0.15, 0.2) is 0 Å². The summed E-state index contributed by atoms with van der Waals surface area (Å²) in [5, 5.41) is 29.5. The molecule has 0 radical (unpaired) electrons. The van der Waals surface area contributed by atoms with Gasteiger partial charge in [-0.2, -0.15) is 10.4 Å². The standard InChI is InChI=1S/C24H15N5O2S/c25-15-20-21(16-7-3-1-4-8-16)23(22(26-24(20)32)17-9-5-2-6-10-17)28-27-18-11-13-19(14-12-18)29(30)31/h1-14H,(H,26,32). The fourth-order valence-electron chi connectivity index (χ4n) is 3.25. The highest BCUT2D eigenvalue weighted by Crippen LogP contribution is 2.41. The average Bonchev–Trinajstić information content (AvgIpc) is 2.84. The van der Waals surface area contributed by atoms with Crippen LogP contribution in [0.5, 0.6) is 0 Å². The Morgan fingerprint density at radius 2 is 1.47 bits per heavy atom. The third-order valence-corrected chi connectivity index (χ3v) is 5.06. The third-order valence-electron chi connectivity index (χ3n) is 4.75. The van der Waals surface area contributed by atoms with Gasteiger partial charge in [0.25, 0.3) is 5.69 Å². The van der Waals surface area contributed by atoms with E-state index in [0.717, 1.165) is 11.1 Å². The second-order valence-corrected chi connectivity index (χ2v) is 7.15. The first-order valence-corrected chi connectivity index (χ1v) is 9.96. The summed E-state index contributed by atoms with van der Waals surface area (Å²) in [5.74, 6) is 0. The Balaban J connectivity index is 1.97. The number of nitro groups is 1. The van der Waals surface area contributed by atoms with Crippen LogP contribution in [0.3, 0.4) is 0 Å². The summed E-state index contributed by atoms with van der Waals surface area (Å²) in [4.78, 5) is 13.6. The SMILES string of the molecule is N#Cc1c(-c2ccccc2)c(N=Nc2ccc([N+](=O)[O-])cc2)c(-c2ccccc2)[nH]c1=S. The maximum atomic E-state index is 10.9. The lowest BCUT2D eigenvalue weighted by molar-refractivity contribution is -0.384. The summed E-state index contributed by atoms with van der Waals surface area (Å²) < 4.78 is 0.305. The van der Waals surface area contributed by atoms with Crippen molar-refractivity contribution >= 4 is 29.3 Å². The first kappa shape index (κ1) is 20.8. The lowest BCUT2D eigenvalue weighted by Crippen LogP contribution is -1.95. The van der Waals surface area contributed by atoms with E-state index in [1.807, 2.05) is 60.7 Å². The molecular weight excluding hydrogens is 422 g/mol. The lowest BCUT2D eigenvalue weighted by Gasteiger charge is -2.13. The molecule has 0 saturated heterocycles. The summed E-state index contributed by atoms with van der Waals surface area (Å²) in [5.41, 5.74) is 3.95. The van der Waals surface area contributed by atoms with Gasteiger partial charge in [0, 0.05) is 23.3 Å². The molecule has 0 saturated carbocycles. The molecule has 0 amide bonds. The Morgan fingerprint density at radius 3 is 2.03 bits per heavy atom. The molecular formula is C24H15N5O2S. The number of nitrogens with one attached hydrogen (secondary N) is 1. The first-order valence-electron chi connectivity index (χ1n) is 9.56. The summed E-state index contributed by atoms with van der Waals surface area (Å²) in [7, 11) is 0. The number of H-pyrrole nitrogens is 1. The minimum Gasteiger partial charge on any atom is -0.343 e. The Bertz CT molecular complexity index is 1410. The number of hydrogen-bond acceptors (Lipinski definition) is 6. The van der Waals surface area contributed by atoms with Crippen LogP contribution in [0.1, 0.15) is 5.56 Å². The van der Waals surface area contributed by atoms with Gasteiger partial charge in [0.2, 0.25) is 0 Å². The third kappa shape index (κ3) is 4.19. The molecule has 0 atom stereocenters. The molecule has 8 heteroatoms. The first-order chi connectivity index (χ1) is 15.6. The summed E-state index contributed by atoms with van der Waals surface area (Å²) in [6.45, 7) is 0. The Kier molecular flexibility index (Phi) is 5.92. The fourth-order valence-corrected chi connectivity index (χ4v) is 3.50. The van der Waals surface area contributed by atoms with Crippen molar-refractivity contribution in [1.29, 1.82) is 5.26 Å². The highest BCUT2D eigenvalue weighted by molar-refractivity contribution is 7.71. The van der Waals surface area contributed by atoms with Crippen LogP contribution in [-0.2, 0) is 0 Å². The number of nitrogens with zero attached hydrogens (tertiary/aromatic N) is 4. The molecule has 0 aliphatic carbocycles. The molecule has 4 aromatic rings. The van der Waals surface area contributed by atoms with Gasteiger partial charge >= 0.3 is 0 Å². The monoisotopic (exact) mass is 437 g/mol. The zero-order valence-corrected chi connectivity index (χ0v) is 17.4. The van der Waals surface area contributed by atoms with Crippen molar-refractivity contribution in [2.24, 2.45) is 10.2 Å². The number of azo groups is 1. The highest BCUT2D eigenvalue weighted by Gasteiger charge is 2.19. The van der Waals surface area contributed by atoms with Crippen molar-refractivity contribution in [3.8, 4) is 28.5 Å². The van der Waals surface area contributed by atoms with E-state index in [1.165, 1.54) is 24.3 Å². The van der Waals surface area contributed by atoms with Crippen LogP contribution >= 0.6 is 12.2 Å². The molecule has 154 valence electrons. The van der Waals surface area contributed by atoms with E-state index in [4.69, 9.17) is 12.2 Å². The van der Waals surface area contributed by atoms with Crippen LogP contribution in [0.2, 0.25) is 0 Å². The number of nitro benzene ring substituents is 1. The van der Waals surface area contributed by atoms with Gasteiger partial charge in [-0.1, -0.05) is 72.9 Å². The van der Waals surface area contributed by atoms with Crippen molar-refractivity contribution in [2.75, 3.05) is 0 Å². The Morgan fingerprint density at radius 1 is 0.875 bits per heavy atom. The van der Waals surface area contributed by atoms with Crippen LogP contribution in [0, 0.1) is 26.1 Å². The van der Waals surface area contributed by atoms with Crippen LogP contribution in [0.25, 0.3) is 22.4 Å². The second kappa shape index (κ2) is 9.12. The molecule has 32 heavy (non-hydrogen) atoms. The van der Waals surface area contributed by atoms with Gasteiger partial charge < -0.3 is 4.98 Å². The minimum atomic E-state index is -0.474. The van der Waals surface area contributed by atoms with E-state index in [9.17, 15) is 15.4 Å². The maximum absolute atomic E-state index is 10.9. The Hall–Kier alpha value is -4.48. The topological polar surface area (TPSA) is 107 Å². The normalized spacial score (nSPS) is 10.7. The zero-order chi connectivity index (χ0) is 22.5. The van der Waals surface area contributed by atoms with Gasteiger partial charge in [-0.05, 0) is 17.7 Å². The van der Waals surface area contributed by atoms with E-state index in [2.05, 4.69) is 21.3 Å². The van der Waals surface area contributed by atoms with E-state index in [0.29, 0.717) is 32.8 Å². The molecule has 1 aromatic heterocycles. The number of rotatable bonds is 5. The summed E-state index contributed by atoms with van der Waals surface area (Å²) in [6.07, 6.45) is 0. The number of non-ortho nitro benzene ring substituents is 1. The number of benzene rings is 3. The fraction of sp³-hybridized carbons (Fsp3) is 0. The molecule has 0 bridgehead atoms. The van der Waals surface area contributed by atoms with Gasteiger partial charge in [0.1, 0.15) is 16.4 Å². The molecule has 3 aromatic carbocycles.